The van der Waals surface area contributed by atoms with Gasteiger partial charge in [0.05, 0.1) is 24.4 Å². The first-order valence-electron chi connectivity index (χ1n) is 7.78. The largest absolute Gasteiger partial charge is 0.460 e. The molecule has 0 amide bonds. The molecular weight excluding hydrogens is 348 g/mol. The number of alkyl halides is 1. The van der Waals surface area contributed by atoms with Gasteiger partial charge in [0.2, 0.25) is 0 Å². The Balaban J connectivity index is 2.14. The summed E-state index contributed by atoms with van der Waals surface area (Å²) in [5, 5.41) is 0. The van der Waals surface area contributed by atoms with Gasteiger partial charge in [-0.25, -0.2) is 0 Å². The van der Waals surface area contributed by atoms with Crippen molar-refractivity contribution < 1.29 is 19.0 Å². The van der Waals surface area contributed by atoms with Crippen molar-refractivity contribution in [3.05, 3.63) is 12.2 Å². The Kier molecular flexibility index (Phi) is 6.49. The molecule has 6 atom stereocenters. The predicted molar refractivity (Wildman–Crippen MR) is 87.7 cm³/mol. The molecule has 2 heterocycles. The normalized spacial score (nSPS) is 38.3. The minimum Gasteiger partial charge on any atom is -0.460 e. The molecule has 2 fully saturated rings. The van der Waals surface area contributed by atoms with Crippen LogP contribution in [0, 0.1) is 12.3 Å². The van der Waals surface area contributed by atoms with Crippen LogP contribution in [-0.4, -0.2) is 41.3 Å². The lowest BCUT2D eigenvalue weighted by Crippen LogP contribution is -2.40. The van der Waals surface area contributed by atoms with Gasteiger partial charge in [-0.3, -0.25) is 4.79 Å². The standard InChI is InChI=1S/C17H23BrO4/c1-4-6-7-8-14-16-10-17(22-14)15(20-11(3)19)9-12(18)13(5-2)21-16/h1,6-7,12-17H,5,8-10H2,2-3H3/b7-6+/t12-,13+,14?,15+,16-,17+/m0/s1. The highest BCUT2D eigenvalue weighted by Gasteiger charge is 2.45. The molecule has 122 valence electrons. The zero-order valence-electron chi connectivity index (χ0n) is 13.0. The number of hydrogen-bond acceptors (Lipinski definition) is 4. The molecule has 2 rings (SSSR count). The zero-order chi connectivity index (χ0) is 16.1. The molecule has 0 aromatic carbocycles. The number of allylic oxidation sites excluding steroid dienone is 1. The van der Waals surface area contributed by atoms with Gasteiger partial charge < -0.3 is 14.2 Å². The number of fused-ring (bicyclic) bond motifs is 2. The summed E-state index contributed by atoms with van der Waals surface area (Å²) >= 11 is 3.68. The van der Waals surface area contributed by atoms with Crippen LogP contribution in [0.2, 0.25) is 0 Å². The molecule has 2 saturated heterocycles. The Hall–Kier alpha value is -0.830. The second-order valence-electron chi connectivity index (χ2n) is 5.77. The fraction of sp³-hybridized carbons (Fsp3) is 0.706. The summed E-state index contributed by atoms with van der Waals surface area (Å²) in [5.41, 5.74) is 0. The number of carbonyl (C=O) groups excluding carboxylic acids is 1. The summed E-state index contributed by atoms with van der Waals surface area (Å²) in [6.45, 7) is 3.54. The molecule has 2 bridgehead atoms. The summed E-state index contributed by atoms with van der Waals surface area (Å²) in [6.07, 6.45) is 11.6. The van der Waals surface area contributed by atoms with Crippen molar-refractivity contribution in [1.29, 1.82) is 0 Å². The van der Waals surface area contributed by atoms with Crippen LogP contribution in [0.25, 0.3) is 0 Å². The lowest BCUT2D eigenvalue weighted by molar-refractivity contribution is -0.155. The van der Waals surface area contributed by atoms with Crippen molar-refractivity contribution in [1.82, 2.24) is 0 Å². The number of ether oxygens (including phenoxy) is 3. The first-order chi connectivity index (χ1) is 10.5. The van der Waals surface area contributed by atoms with E-state index in [2.05, 4.69) is 28.8 Å². The van der Waals surface area contributed by atoms with Crippen molar-refractivity contribution in [2.45, 2.75) is 74.9 Å². The molecule has 0 radical (unpaired) electrons. The predicted octanol–water partition coefficient (Wildman–Crippen LogP) is 2.99. The third kappa shape index (κ3) is 4.34. The zero-order valence-corrected chi connectivity index (χ0v) is 14.6. The van der Waals surface area contributed by atoms with Gasteiger partial charge in [-0.1, -0.05) is 34.9 Å². The van der Waals surface area contributed by atoms with E-state index in [9.17, 15) is 4.79 Å². The van der Waals surface area contributed by atoms with E-state index in [0.29, 0.717) is 12.8 Å². The first kappa shape index (κ1) is 17.5. The number of carbonyl (C=O) groups is 1. The number of halogens is 1. The molecule has 0 aliphatic carbocycles. The van der Waals surface area contributed by atoms with Crippen molar-refractivity contribution in [3.63, 3.8) is 0 Å². The van der Waals surface area contributed by atoms with Crippen LogP contribution in [0.5, 0.6) is 0 Å². The van der Waals surface area contributed by atoms with Crippen LogP contribution >= 0.6 is 15.9 Å². The molecule has 22 heavy (non-hydrogen) atoms. The number of hydrogen-bond donors (Lipinski definition) is 0. The minimum absolute atomic E-state index is 0.00998. The van der Waals surface area contributed by atoms with Crippen molar-refractivity contribution >= 4 is 21.9 Å². The Morgan fingerprint density at radius 3 is 2.73 bits per heavy atom. The molecule has 2 aliphatic heterocycles. The third-order valence-electron chi connectivity index (χ3n) is 4.16. The van der Waals surface area contributed by atoms with Crippen LogP contribution in [0.4, 0.5) is 0 Å². The lowest BCUT2D eigenvalue weighted by atomic mass is 9.97. The van der Waals surface area contributed by atoms with Gasteiger partial charge in [0.15, 0.2) is 0 Å². The Morgan fingerprint density at radius 1 is 1.36 bits per heavy atom. The maximum atomic E-state index is 11.4. The van der Waals surface area contributed by atoms with Crippen LogP contribution in [0.1, 0.15) is 39.5 Å². The van der Waals surface area contributed by atoms with Gasteiger partial charge in [0.1, 0.15) is 6.10 Å². The van der Waals surface area contributed by atoms with Gasteiger partial charge >= 0.3 is 5.97 Å². The molecule has 4 nitrogen and oxygen atoms in total. The Labute approximate surface area is 140 Å². The van der Waals surface area contributed by atoms with Gasteiger partial charge in [-0.05, 0) is 18.9 Å². The number of terminal acetylenes is 1. The highest BCUT2D eigenvalue weighted by atomic mass is 79.9. The minimum atomic E-state index is -0.268. The molecule has 0 spiro atoms. The summed E-state index contributed by atoms with van der Waals surface area (Å²) in [5.74, 6) is 2.22. The van der Waals surface area contributed by atoms with Gasteiger partial charge in [-0.2, -0.15) is 0 Å². The van der Waals surface area contributed by atoms with Crippen molar-refractivity contribution in [3.8, 4) is 12.3 Å². The monoisotopic (exact) mass is 370 g/mol. The number of rotatable bonds is 4. The Bertz CT molecular complexity index is 456. The van der Waals surface area contributed by atoms with E-state index < -0.39 is 0 Å². The van der Waals surface area contributed by atoms with Crippen LogP contribution in [0.15, 0.2) is 12.2 Å². The molecular formula is C17H23BrO4. The second-order valence-corrected chi connectivity index (χ2v) is 6.95. The SMILES string of the molecule is C#C/C=C/CC1O[C@@H]2C[C@@H]1O[C@H](CC)[C@@H](Br)C[C@H]2OC(C)=O. The maximum Gasteiger partial charge on any atom is 0.302 e. The summed E-state index contributed by atoms with van der Waals surface area (Å²) in [4.78, 5) is 11.5. The number of esters is 1. The molecule has 2 aliphatic rings. The van der Waals surface area contributed by atoms with E-state index in [1.165, 1.54) is 6.92 Å². The van der Waals surface area contributed by atoms with E-state index in [0.717, 1.165) is 12.8 Å². The fourth-order valence-electron chi connectivity index (χ4n) is 3.13. The molecule has 1 unspecified atom stereocenters. The molecule has 0 aromatic rings. The maximum absolute atomic E-state index is 11.4. The topological polar surface area (TPSA) is 44.8 Å². The fourth-order valence-corrected chi connectivity index (χ4v) is 4.00. The summed E-state index contributed by atoms with van der Waals surface area (Å²) in [7, 11) is 0. The van der Waals surface area contributed by atoms with Gasteiger partial charge in [0, 0.05) is 24.6 Å². The van der Waals surface area contributed by atoms with Gasteiger partial charge in [0.25, 0.3) is 0 Å². The summed E-state index contributed by atoms with van der Waals surface area (Å²) in [6, 6.07) is 0. The van der Waals surface area contributed by atoms with E-state index in [1.807, 2.05) is 6.08 Å². The lowest BCUT2D eigenvalue weighted by Gasteiger charge is -2.32. The highest BCUT2D eigenvalue weighted by molar-refractivity contribution is 9.09. The van der Waals surface area contributed by atoms with Crippen molar-refractivity contribution in [2.75, 3.05) is 0 Å². The van der Waals surface area contributed by atoms with E-state index >= 15 is 0 Å². The van der Waals surface area contributed by atoms with Gasteiger partial charge in [-0.15, -0.1) is 6.42 Å². The molecule has 0 aromatic heterocycles. The van der Waals surface area contributed by atoms with Crippen LogP contribution in [-0.2, 0) is 19.0 Å². The highest BCUT2D eigenvalue weighted by Crippen LogP contribution is 2.36. The average Bonchev–Trinajstić information content (AvgIpc) is 2.87. The third-order valence-corrected chi connectivity index (χ3v) is 5.12. The quantitative estimate of drug-likeness (QED) is 0.433. The van der Waals surface area contributed by atoms with Crippen LogP contribution in [0.3, 0.4) is 0 Å². The van der Waals surface area contributed by atoms with E-state index in [4.69, 9.17) is 20.6 Å². The molecule has 5 heteroatoms. The second kappa shape index (κ2) is 8.14. The molecule has 0 N–H and O–H groups in total. The smallest absolute Gasteiger partial charge is 0.302 e. The Morgan fingerprint density at radius 2 is 2.09 bits per heavy atom. The van der Waals surface area contributed by atoms with E-state index in [-0.39, 0.29) is 41.3 Å². The van der Waals surface area contributed by atoms with Crippen molar-refractivity contribution in [2.24, 2.45) is 0 Å². The first-order valence-corrected chi connectivity index (χ1v) is 8.70. The average molecular weight is 371 g/mol. The van der Waals surface area contributed by atoms with E-state index in [1.54, 1.807) is 6.08 Å². The summed E-state index contributed by atoms with van der Waals surface area (Å²) < 4.78 is 17.8. The van der Waals surface area contributed by atoms with Crippen LogP contribution < -0.4 is 0 Å². The molecule has 0 saturated carbocycles.